The molecule has 12 heteroatoms. The Hall–Kier alpha value is -5.59. The van der Waals surface area contributed by atoms with Crippen LogP contribution in [0.1, 0.15) is 88.5 Å². The summed E-state index contributed by atoms with van der Waals surface area (Å²) in [5, 5.41) is 12.7. The molecule has 6 aliphatic heterocycles. The first-order chi connectivity index (χ1) is 30.2. The highest BCUT2D eigenvalue weighted by molar-refractivity contribution is 6.06. The third-order valence-corrected chi connectivity index (χ3v) is 15.1. The Morgan fingerprint density at radius 3 is 2.52 bits per heavy atom. The molecule has 4 aromatic rings. The van der Waals surface area contributed by atoms with Crippen LogP contribution in [0.2, 0.25) is 0 Å². The molecule has 322 valence electrons. The number of aryl methyl sites for hydroxylation is 1. The predicted octanol–water partition coefficient (Wildman–Crippen LogP) is 5.98. The van der Waals surface area contributed by atoms with E-state index >= 15 is 0 Å². The monoisotopic (exact) mass is 837 g/mol. The number of imide groups is 1. The molecule has 1 aliphatic carbocycles. The number of benzene rings is 4. The average Bonchev–Trinajstić information content (AvgIpc) is 3.83. The number of piperazine rings is 1. The summed E-state index contributed by atoms with van der Waals surface area (Å²) in [6.45, 7) is 7.33. The van der Waals surface area contributed by atoms with Gasteiger partial charge < -0.3 is 34.0 Å². The summed E-state index contributed by atoms with van der Waals surface area (Å²) >= 11 is 0. The van der Waals surface area contributed by atoms with Crippen molar-refractivity contribution in [3.05, 3.63) is 112 Å². The van der Waals surface area contributed by atoms with Gasteiger partial charge >= 0.3 is 0 Å². The Morgan fingerprint density at radius 2 is 1.69 bits per heavy atom. The lowest BCUT2D eigenvalue weighted by atomic mass is 9.69. The number of phenols is 1. The second kappa shape index (κ2) is 15.6. The molecule has 4 aromatic carbocycles. The van der Waals surface area contributed by atoms with Crippen molar-refractivity contribution >= 4 is 29.1 Å². The number of phenolic OH excluding ortho intramolecular Hbond substituents is 1. The Balaban J connectivity index is 0.716. The minimum absolute atomic E-state index is 0.0836. The zero-order chi connectivity index (χ0) is 42.1. The van der Waals surface area contributed by atoms with Crippen LogP contribution < -0.4 is 24.6 Å². The van der Waals surface area contributed by atoms with Gasteiger partial charge in [0.15, 0.2) is 0 Å². The molecule has 3 amide bonds. The minimum Gasteiger partial charge on any atom is -0.508 e. The van der Waals surface area contributed by atoms with Crippen LogP contribution in [0.5, 0.6) is 17.2 Å². The predicted molar refractivity (Wildman–Crippen MR) is 234 cm³/mol. The molecule has 4 fully saturated rings. The Bertz CT molecular complexity index is 2420. The first kappa shape index (κ1) is 39.3. The number of carbonyl (C=O) groups excluding carboxylic acids is 3. The van der Waals surface area contributed by atoms with Gasteiger partial charge in [-0.05, 0) is 103 Å². The van der Waals surface area contributed by atoms with Crippen LogP contribution >= 0.6 is 0 Å². The summed E-state index contributed by atoms with van der Waals surface area (Å²) in [5.41, 5.74) is 8.63. The highest BCUT2D eigenvalue weighted by Crippen LogP contribution is 2.50. The second-order valence-corrected chi connectivity index (χ2v) is 18.7. The van der Waals surface area contributed by atoms with E-state index in [4.69, 9.17) is 14.2 Å². The quantitative estimate of drug-likeness (QED) is 0.215. The Morgan fingerprint density at radius 1 is 0.855 bits per heavy atom. The number of hydrogen-bond acceptors (Lipinski definition) is 10. The minimum atomic E-state index is -0.632. The van der Waals surface area contributed by atoms with E-state index in [0.717, 1.165) is 101 Å². The Kier molecular flexibility index (Phi) is 9.91. The molecule has 1 spiro atoms. The second-order valence-electron chi connectivity index (χ2n) is 18.7. The highest BCUT2D eigenvalue weighted by atomic mass is 16.5. The number of methoxy groups -OCH3 is 1. The van der Waals surface area contributed by atoms with Gasteiger partial charge in [-0.15, -0.1) is 0 Å². The molecule has 0 saturated carbocycles. The van der Waals surface area contributed by atoms with Gasteiger partial charge in [0.25, 0.3) is 5.91 Å². The lowest BCUT2D eigenvalue weighted by molar-refractivity contribution is -0.136. The third-order valence-electron chi connectivity index (χ3n) is 15.1. The third kappa shape index (κ3) is 6.95. The number of nitrogens with zero attached hydrogens (tertiary/aromatic N) is 4. The number of fused-ring (bicyclic) bond motifs is 5. The zero-order valence-electron chi connectivity index (χ0n) is 35.4. The van der Waals surface area contributed by atoms with E-state index in [1.165, 1.54) is 27.9 Å². The fraction of sp³-hybridized carbons (Fsp3) is 0.460. The maximum absolute atomic E-state index is 13.4. The number of anilines is 2. The Labute approximate surface area is 362 Å². The summed E-state index contributed by atoms with van der Waals surface area (Å²) in [7, 11) is 1.78. The van der Waals surface area contributed by atoms with Crippen molar-refractivity contribution in [3.63, 3.8) is 0 Å². The van der Waals surface area contributed by atoms with Crippen molar-refractivity contribution in [2.75, 3.05) is 69.4 Å². The molecule has 5 atom stereocenters. The van der Waals surface area contributed by atoms with Gasteiger partial charge in [-0.1, -0.05) is 42.5 Å². The molecule has 0 aromatic heterocycles. The van der Waals surface area contributed by atoms with E-state index in [2.05, 4.69) is 80.7 Å². The van der Waals surface area contributed by atoms with Crippen LogP contribution in [0.3, 0.4) is 0 Å². The van der Waals surface area contributed by atoms with Gasteiger partial charge in [0.05, 0.1) is 31.0 Å². The van der Waals surface area contributed by atoms with Crippen LogP contribution in [0.4, 0.5) is 11.4 Å². The molecule has 2 N–H and O–H groups in total. The summed E-state index contributed by atoms with van der Waals surface area (Å²) in [6, 6.07) is 27.0. The lowest BCUT2D eigenvalue weighted by Gasteiger charge is -2.46. The van der Waals surface area contributed by atoms with Gasteiger partial charge in [0, 0.05) is 81.0 Å². The summed E-state index contributed by atoms with van der Waals surface area (Å²) < 4.78 is 19.2. The van der Waals surface area contributed by atoms with Crippen molar-refractivity contribution < 1.29 is 33.7 Å². The van der Waals surface area contributed by atoms with E-state index in [9.17, 15) is 19.5 Å². The van der Waals surface area contributed by atoms with Crippen molar-refractivity contribution in [3.8, 4) is 17.2 Å². The van der Waals surface area contributed by atoms with E-state index in [1.54, 1.807) is 12.0 Å². The normalized spacial score (nSPS) is 26.7. The van der Waals surface area contributed by atoms with Gasteiger partial charge in [0.1, 0.15) is 29.9 Å². The van der Waals surface area contributed by atoms with Gasteiger partial charge in [-0.3, -0.25) is 24.6 Å². The topological polar surface area (TPSA) is 124 Å². The van der Waals surface area contributed by atoms with Gasteiger partial charge in [-0.2, -0.15) is 0 Å². The van der Waals surface area contributed by atoms with E-state index in [1.807, 2.05) is 18.2 Å². The molecule has 4 saturated heterocycles. The number of nitrogens with one attached hydrogen (secondary N) is 1. The molecule has 0 radical (unpaired) electrons. The molecule has 12 nitrogen and oxygen atoms in total. The van der Waals surface area contributed by atoms with Crippen molar-refractivity contribution in [1.82, 2.24) is 15.1 Å². The largest absolute Gasteiger partial charge is 0.508 e. The first-order valence-corrected chi connectivity index (χ1v) is 22.6. The SMILES string of the molecule is COc1cc(N2CCC3(CC2)C[C@@H](CN2CCN4c5cc6c(cc5OC[C@@H]4C2)C(=O)N([C@H]2CCC(=O)NC2=O)C6)CO3)ccc1[C@@H]1c2ccc(O)cc2CC[C@@H]1c1ccccc1. The zero-order valence-corrected chi connectivity index (χ0v) is 35.4. The summed E-state index contributed by atoms with van der Waals surface area (Å²) in [5.74, 6) is 2.02. The fourth-order valence-corrected chi connectivity index (χ4v) is 12.0. The van der Waals surface area contributed by atoms with Crippen LogP contribution in [-0.4, -0.2) is 110 Å². The molecule has 6 heterocycles. The molecule has 62 heavy (non-hydrogen) atoms. The van der Waals surface area contributed by atoms with Gasteiger partial charge in [-0.25, -0.2) is 0 Å². The molecule has 11 rings (SSSR count). The van der Waals surface area contributed by atoms with Crippen LogP contribution in [-0.2, 0) is 27.3 Å². The van der Waals surface area contributed by atoms with Gasteiger partial charge in [0.2, 0.25) is 11.8 Å². The van der Waals surface area contributed by atoms with E-state index < -0.39 is 11.9 Å². The standard InChI is InChI=1S/C50H55N5O7/c1-60-44-23-35(8-11-40(44)47-38(32-5-3-2-4-6-32)10-7-33-21-37(56)9-12-39(33)47)53-17-15-50(16-18-53)25-31(29-62-50)26-52-19-20-54-36(28-52)30-61-45-24-41-34(22-43(45)54)27-55(49(41)59)42-13-14-46(57)51-48(42)58/h2-6,8-9,11-12,21-24,31,36,38,42,47,56H,7,10,13-20,25-30H2,1H3,(H,51,57,58)/t31-,36-,38+,42-,47-/m0/s1. The molecule has 0 unspecified atom stereocenters. The first-order valence-electron chi connectivity index (χ1n) is 22.6. The number of ether oxygens (including phenoxy) is 3. The fourth-order valence-electron chi connectivity index (χ4n) is 12.0. The van der Waals surface area contributed by atoms with E-state index in [-0.39, 0.29) is 35.8 Å². The van der Waals surface area contributed by atoms with Crippen LogP contribution in [0, 0.1) is 5.92 Å². The lowest BCUT2D eigenvalue weighted by Crippen LogP contribution is -2.58. The van der Waals surface area contributed by atoms with Crippen molar-refractivity contribution in [2.45, 2.75) is 81.0 Å². The maximum atomic E-state index is 13.4. The van der Waals surface area contributed by atoms with Crippen LogP contribution in [0.25, 0.3) is 0 Å². The number of hydrogen-bond donors (Lipinski definition) is 2. The molecular formula is C50H55N5O7. The molecular weight excluding hydrogens is 783 g/mol. The van der Waals surface area contributed by atoms with Crippen molar-refractivity contribution in [1.29, 1.82) is 0 Å². The maximum Gasteiger partial charge on any atom is 0.255 e. The van der Waals surface area contributed by atoms with Crippen molar-refractivity contribution in [2.24, 2.45) is 5.92 Å². The number of piperidine rings is 2. The summed E-state index contributed by atoms with van der Waals surface area (Å²) in [6.07, 6.45) is 5.60. The average molecular weight is 838 g/mol. The molecule has 0 bridgehead atoms. The highest BCUT2D eigenvalue weighted by Gasteiger charge is 2.45. The van der Waals surface area contributed by atoms with Crippen LogP contribution in [0.15, 0.2) is 78.9 Å². The number of aromatic hydroxyl groups is 1. The number of carbonyl (C=O) groups is 3. The molecule has 7 aliphatic rings. The van der Waals surface area contributed by atoms with E-state index in [0.29, 0.717) is 42.7 Å². The number of rotatable bonds is 7. The smallest absolute Gasteiger partial charge is 0.255 e. The number of amides is 3. The summed E-state index contributed by atoms with van der Waals surface area (Å²) in [4.78, 5) is 46.9.